The third kappa shape index (κ3) is 2.03. The van der Waals surface area contributed by atoms with Crippen LogP contribution < -0.4 is 5.46 Å². The van der Waals surface area contributed by atoms with Crippen LogP contribution in [0.3, 0.4) is 0 Å². The van der Waals surface area contributed by atoms with Gasteiger partial charge in [-0.2, -0.15) is 0 Å². The van der Waals surface area contributed by atoms with E-state index in [0.717, 1.165) is 33.7 Å². The van der Waals surface area contributed by atoms with Crippen LogP contribution in [0.2, 0.25) is 5.02 Å². The van der Waals surface area contributed by atoms with Gasteiger partial charge < -0.3 is 10.0 Å². The van der Waals surface area contributed by atoms with Crippen molar-refractivity contribution in [3.63, 3.8) is 0 Å². The number of rotatable bonds is 1. The average molecular weight is 301 g/mol. The third-order valence-electron chi connectivity index (χ3n) is 4.68. The molecule has 2 N–H and O–H groups in total. The number of hydrogen-bond donors (Lipinski definition) is 2. The lowest BCUT2D eigenvalue weighted by Gasteiger charge is -2.14. The van der Waals surface area contributed by atoms with E-state index in [1.165, 1.54) is 22.3 Å². The van der Waals surface area contributed by atoms with Crippen molar-refractivity contribution in [2.24, 2.45) is 0 Å². The summed E-state index contributed by atoms with van der Waals surface area (Å²) in [5, 5.41) is 20.1. The lowest BCUT2D eigenvalue weighted by atomic mass is 9.72. The number of halogens is 1. The molecule has 2 aromatic carbocycles. The number of hydrogen-bond acceptors (Lipinski definition) is 2. The van der Waals surface area contributed by atoms with Crippen molar-refractivity contribution < 1.29 is 10.0 Å². The van der Waals surface area contributed by atoms with Gasteiger partial charge >= 0.3 is 7.12 Å². The Kier molecular flexibility index (Phi) is 3.40. The Morgan fingerprint density at radius 2 is 1.43 bits per heavy atom. The van der Waals surface area contributed by atoms with Crippen LogP contribution in [0.5, 0.6) is 0 Å². The maximum atomic E-state index is 9.61. The van der Waals surface area contributed by atoms with Crippen molar-refractivity contribution in [3.05, 3.63) is 50.5 Å². The van der Waals surface area contributed by atoms with Gasteiger partial charge in [0.15, 0.2) is 0 Å². The number of fused-ring (bicyclic) bond motifs is 3. The Hall–Kier alpha value is -1.29. The molecule has 1 aliphatic rings. The molecule has 21 heavy (non-hydrogen) atoms. The quantitative estimate of drug-likeness (QED) is 0.679. The van der Waals surface area contributed by atoms with Gasteiger partial charge in [-0.3, -0.25) is 0 Å². The molecule has 4 heteroatoms. The smallest absolute Gasteiger partial charge is 0.423 e. The van der Waals surface area contributed by atoms with Gasteiger partial charge in [0.05, 0.1) is 0 Å². The van der Waals surface area contributed by atoms with Gasteiger partial charge in [-0.1, -0.05) is 23.2 Å². The van der Waals surface area contributed by atoms with E-state index in [4.69, 9.17) is 11.6 Å². The van der Waals surface area contributed by atoms with Crippen LogP contribution in [0.4, 0.5) is 0 Å². The summed E-state index contributed by atoms with van der Waals surface area (Å²) in [5.74, 6) is 0. The minimum Gasteiger partial charge on any atom is -0.423 e. The van der Waals surface area contributed by atoms with Gasteiger partial charge in [-0.15, -0.1) is 0 Å². The highest BCUT2D eigenvalue weighted by molar-refractivity contribution is 6.59. The van der Waals surface area contributed by atoms with Gasteiger partial charge in [0, 0.05) is 5.02 Å². The molecule has 1 aliphatic carbocycles. The molecule has 0 heterocycles. The SMILES string of the molecule is Cc1cc2c(c(C)c1Cl)Cc1c-2cc(C)c(B(O)O)c1C. The van der Waals surface area contributed by atoms with Crippen molar-refractivity contribution >= 4 is 24.2 Å². The van der Waals surface area contributed by atoms with Gasteiger partial charge in [0.25, 0.3) is 0 Å². The second-order valence-corrected chi connectivity index (χ2v) is 6.35. The summed E-state index contributed by atoms with van der Waals surface area (Å²) in [6, 6.07) is 4.21. The summed E-state index contributed by atoms with van der Waals surface area (Å²) in [7, 11) is -1.43. The van der Waals surface area contributed by atoms with Gasteiger partial charge in [0.2, 0.25) is 0 Å². The van der Waals surface area contributed by atoms with E-state index in [-0.39, 0.29) is 0 Å². The molecule has 0 spiro atoms. The predicted octanol–water partition coefficient (Wildman–Crippen LogP) is 2.82. The Balaban J connectivity index is 2.31. The first-order valence-electron chi connectivity index (χ1n) is 7.11. The Morgan fingerprint density at radius 1 is 0.905 bits per heavy atom. The largest absolute Gasteiger partial charge is 0.488 e. The molecule has 0 aromatic heterocycles. The minimum absolute atomic E-state index is 0.627. The highest BCUT2D eigenvalue weighted by atomic mass is 35.5. The fourth-order valence-electron chi connectivity index (χ4n) is 3.55. The highest BCUT2D eigenvalue weighted by Gasteiger charge is 2.28. The van der Waals surface area contributed by atoms with Gasteiger partial charge in [-0.25, -0.2) is 0 Å². The Bertz CT molecular complexity index is 766. The third-order valence-corrected chi connectivity index (χ3v) is 5.27. The van der Waals surface area contributed by atoms with Crippen molar-refractivity contribution in [1.82, 2.24) is 0 Å². The summed E-state index contributed by atoms with van der Waals surface area (Å²) in [6.07, 6.45) is 0.808. The highest BCUT2D eigenvalue weighted by Crippen LogP contribution is 2.43. The van der Waals surface area contributed by atoms with E-state index >= 15 is 0 Å². The van der Waals surface area contributed by atoms with Crippen LogP contribution in [0.1, 0.15) is 33.4 Å². The van der Waals surface area contributed by atoms with Crippen LogP contribution in [0.15, 0.2) is 12.1 Å². The molecule has 0 saturated heterocycles. The maximum absolute atomic E-state index is 9.61. The molecule has 2 nitrogen and oxygen atoms in total. The van der Waals surface area contributed by atoms with E-state index < -0.39 is 7.12 Å². The van der Waals surface area contributed by atoms with E-state index in [0.29, 0.717) is 5.46 Å². The molecule has 108 valence electrons. The van der Waals surface area contributed by atoms with E-state index in [2.05, 4.69) is 19.1 Å². The van der Waals surface area contributed by atoms with Gasteiger partial charge in [-0.05, 0) is 84.6 Å². The van der Waals surface area contributed by atoms with Crippen LogP contribution >= 0.6 is 11.6 Å². The first-order chi connectivity index (χ1) is 9.82. The zero-order chi connectivity index (χ0) is 15.5. The molecule has 0 saturated carbocycles. The maximum Gasteiger partial charge on any atom is 0.488 e. The molecule has 2 aromatic rings. The zero-order valence-corrected chi connectivity index (χ0v) is 13.5. The summed E-state index contributed by atoms with van der Waals surface area (Å²) < 4.78 is 0. The molecule has 0 fully saturated rings. The van der Waals surface area contributed by atoms with Crippen molar-refractivity contribution in [3.8, 4) is 11.1 Å². The molecule has 0 radical (unpaired) electrons. The van der Waals surface area contributed by atoms with Crippen molar-refractivity contribution in [2.45, 2.75) is 34.1 Å². The van der Waals surface area contributed by atoms with Crippen molar-refractivity contribution in [1.29, 1.82) is 0 Å². The molecule has 3 rings (SSSR count). The lowest BCUT2D eigenvalue weighted by molar-refractivity contribution is 0.425. The molecule has 0 amide bonds. The normalized spacial score (nSPS) is 12.3. The number of aryl methyl sites for hydroxylation is 2. The zero-order valence-electron chi connectivity index (χ0n) is 12.7. The second-order valence-electron chi connectivity index (χ2n) is 5.97. The molecular formula is C17H18BClO2. The summed E-state index contributed by atoms with van der Waals surface area (Å²) in [4.78, 5) is 0. The number of benzene rings is 2. The molecule has 0 atom stereocenters. The predicted molar refractivity (Wildman–Crippen MR) is 88.5 cm³/mol. The van der Waals surface area contributed by atoms with Crippen LogP contribution in [0, 0.1) is 27.7 Å². The summed E-state index contributed by atoms with van der Waals surface area (Å²) in [6.45, 7) is 7.98. The van der Waals surface area contributed by atoms with E-state index in [9.17, 15) is 10.0 Å². The fraction of sp³-hybridized carbons (Fsp3) is 0.294. The topological polar surface area (TPSA) is 40.5 Å². The standard InChI is InChI=1S/C17H18BClO2/c1-8-5-14-12(10(3)16(8)18(20)21)7-13-11(4)17(19)9(2)6-15(13)14/h5-6,20-21H,7H2,1-4H3. The lowest BCUT2D eigenvalue weighted by Crippen LogP contribution is -2.35. The summed E-state index contributed by atoms with van der Waals surface area (Å²) >= 11 is 6.38. The minimum atomic E-state index is -1.43. The monoisotopic (exact) mass is 300 g/mol. The molecule has 0 aliphatic heterocycles. The van der Waals surface area contributed by atoms with Crippen LogP contribution in [-0.4, -0.2) is 17.2 Å². The molecule has 0 bridgehead atoms. The summed E-state index contributed by atoms with van der Waals surface area (Å²) in [5.41, 5.74) is 9.61. The van der Waals surface area contributed by atoms with E-state index in [1.807, 2.05) is 20.8 Å². The fourth-order valence-corrected chi connectivity index (χ4v) is 3.72. The Labute approximate surface area is 130 Å². The van der Waals surface area contributed by atoms with Gasteiger partial charge in [0.1, 0.15) is 0 Å². The van der Waals surface area contributed by atoms with Crippen LogP contribution in [0.25, 0.3) is 11.1 Å². The first kappa shape index (κ1) is 14.6. The van der Waals surface area contributed by atoms with Crippen LogP contribution in [-0.2, 0) is 6.42 Å². The van der Waals surface area contributed by atoms with E-state index in [1.54, 1.807) is 0 Å². The second kappa shape index (κ2) is 4.87. The first-order valence-corrected chi connectivity index (χ1v) is 7.48. The average Bonchev–Trinajstić information content (AvgIpc) is 2.75. The molecular weight excluding hydrogens is 282 g/mol. The molecule has 0 unspecified atom stereocenters. The van der Waals surface area contributed by atoms with Crippen molar-refractivity contribution in [2.75, 3.05) is 0 Å². The Morgan fingerprint density at radius 3 is 2.00 bits per heavy atom.